The summed E-state index contributed by atoms with van der Waals surface area (Å²) in [6.45, 7) is 1.64. The summed E-state index contributed by atoms with van der Waals surface area (Å²) in [5.74, 6) is 0. The van der Waals surface area contributed by atoms with Crippen molar-refractivity contribution in [1.82, 2.24) is 3.97 Å². The van der Waals surface area contributed by atoms with Crippen molar-refractivity contribution in [2.24, 2.45) is 0 Å². The number of para-hydroxylation sites is 1. The molecule has 0 radical (unpaired) electrons. The highest BCUT2D eigenvalue weighted by Crippen LogP contribution is 2.30. The number of hydrogen-bond donors (Lipinski definition) is 1. The Morgan fingerprint density at radius 1 is 1.00 bits per heavy atom. The third-order valence-corrected chi connectivity index (χ3v) is 5.59. The Morgan fingerprint density at radius 2 is 1.64 bits per heavy atom. The van der Waals surface area contributed by atoms with Crippen LogP contribution in [-0.4, -0.2) is 17.5 Å². The fourth-order valence-corrected chi connectivity index (χ4v) is 4.44. The number of aliphatic hydroxyl groups excluding tert-OH is 1. The van der Waals surface area contributed by atoms with E-state index < -0.39 is 10.0 Å². The molecule has 4 nitrogen and oxygen atoms in total. The first-order valence-electron chi connectivity index (χ1n) is 7.14. The Hall–Kier alpha value is -2.11. The second kappa shape index (κ2) is 5.59. The van der Waals surface area contributed by atoms with Crippen molar-refractivity contribution >= 4 is 20.9 Å². The van der Waals surface area contributed by atoms with Crippen LogP contribution < -0.4 is 0 Å². The molecule has 1 aromatic heterocycles. The maximum Gasteiger partial charge on any atom is 0.268 e. The van der Waals surface area contributed by atoms with Gasteiger partial charge in [0, 0.05) is 5.39 Å². The second-order valence-electron chi connectivity index (χ2n) is 5.04. The maximum atomic E-state index is 13.0. The van der Waals surface area contributed by atoms with Gasteiger partial charge in [-0.05, 0) is 30.2 Å². The first-order chi connectivity index (χ1) is 10.6. The van der Waals surface area contributed by atoms with E-state index in [1.54, 1.807) is 42.5 Å². The van der Waals surface area contributed by atoms with Gasteiger partial charge in [-0.25, -0.2) is 12.4 Å². The van der Waals surface area contributed by atoms with E-state index in [0.29, 0.717) is 17.6 Å². The molecule has 0 saturated carbocycles. The third-order valence-electron chi connectivity index (χ3n) is 3.83. The van der Waals surface area contributed by atoms with Gasteiger partial charge in [-0.1, -0.05) is 43.3 Å². The van der Waals surface area contributed by atoms with Gasteiger partial charge in [0.1, 0.15) is 0 Å². The monoisotopic (exact) mass is 315 g/mol. The molecule has 3 rings (SSSR count). The van der Waals surface area contributed by atoms with Gasteiger partial charge in [0.25, 0.3) is 10.0 Å². The van der Waals surface area contributed by atoms with Crippen molar-refractivity contribution in [2.75, 3.05) is 0 Å². The number of aliphatic hydroxyl groups is 1. The van der Waals surface area contributed by atoms with E-state index in [2.05, 4.69) is 0 Å². The summed E-state index contributed by atoms with van der Waals surface area (Å²) >= 11 is 0. The topological polar surface area (TPSA) is 59.3 Å². The number of hydrogen-bond acceptors (Lipinski definition) is 3. The molecule has 0 aliphatic heterocycles. The molecule has 2 aromatic carbocycles. The zero-order chi connectivity index (χ0) is 15.7. The van der Waals surface area contributed by atoms with Gasteiger partial charge in [-0.2, -0.15) is 0 Å². The van der Waals surface area contributed by atoms with E-state index in [1.165, 1.54) is 3.97 Å². The van der Waals surface area contributed by atoms with Crippen LogP contribution in [0.2, 0.25) is 0 Å². The Labute approximate surface area is 129 Å². The van der Waals surface area contributed by atoms with Crippen LogP contribution in [0.25, 0.3) is 10.9 Å². The Bertz CT molecular complexity index is 912. The highest BCUT2D eigenvalue weighted by molar-refractivity contribution is 7.90. The van der Waals surface area contributed by atoms with E-state index in [1.807, 2.05) is 19.1 Å². The van der Waals surface area contributed by atoms with E-state index in [9.17, 15) is 13.5 Å². The van der Waals surface area contributed by atoms with Gasteiger partial charge < -0.3 is 5.11 Å². The Kier molecular flexibility index (Phi) is 3.76. The fourth-order valence-electron chi connectivity index (χ4n) is 2.86. The minimum Gasteiger partial charge on any atom is -0.390 e. The largest absolute Gasteiger partial charge is 0.390 e. The molecule has 114 valence electrons. The average Bonchev–Trinajstić information content (AvgIpc) is 2.89. The van der Waals surface area contributed by atoms with Crippen molar-refractivity contribution in [3.63, 3.8) is 0 Å². The Morgan fingerprint density at radius 3 is 2.27 bits per heavy atom. The number of aromatic nitrogens is 1. The van der Waals surface area contributed by atoms with Crippen LogP contribution in [0.1, 0.15) is 18.2 Å². The summed E-state index contributed by atoms with van der Waals surface area (Å²) < 4.78 is 27.3. The summed E-state index contributed by atoms with van der Waals surface area (Å²) in [6.07, 6.45) is 0.660. The summed E-state index contributed by atoms with van der Waals surface area (Å²) in [6, 6.07) is 15.6. The molecule has 0 aliphatic rings. The normalized spacial score (nSPS) is 11.9. The summed E-state index contributed by atoms with van der Waals surface area (Å²) in [7, 11) is -3.74. The van der Waals surface area contributed by atoms with Crippen molar-refractivity contribution < 1.29 is 13.5 Å². The molecule has 0 aliphatic carbocycles. The zero-order valence-electron chi connectivity index (χ0n) is 12.2. The van der Waals surface area contributed by atoms with Gasteiger partial charge in [-0.15, -0.1) is 0 Å². The van der Waals surface area contributed by atoms with Crippen LogP contribution in [-0.2, 0) is 23.1 Å². The molecule has 0 amide bonds. The van der Waals surface area contributed by atoms with Gasteiger partial charge in [0.05, 0.1) is 22.7 Å². The number of aryl methyl sites for hydroxylation is 1. The first-order valence-corrected chi connectivity index (χ1v) is 8.58. The molecule has 22 heavy (non-hydrogen) atoms. The molecule has 0 spiro atoms. The molecule has 1 heterocycles. The quantitative estimate of drug-likeness (QED) is 0.805. The van der Waals surface area contributed by atoms with Gasteiger partial charge >= 0.3 is 0 Å². The van der Waals surface area contributed by atoms with Crippen LogP contribution in [0.4, 0.5) is 0 Å². The molecule has 0 fully saturated rings. The summed E-state index contributed by atoms with van der Waals surface area (Å²) in [4.78, 5) is 0.216. The average molecular weight is 315 g/mol. The van der Waals surface area contributed by atoms with E-state index in [4.69, 9.17) is 0 Å². The standard InChI is InChI=1S/C17H17NO3S/c1-2-14-15-10-6-7-11-16(15)18(17(14)12-19)22(20,21)13-8-4-3-5-9-13/h3-11,19H,2,12H2,1H3. The number of benzene rings is 2. The van der Waals surface area contributed by atoms with Gasteiger partial charge in [-0.3, -0.25) is 0 Å². The van der Waals surface area contributed by atoms with Crippen LogP contribution >= 0.6 is 0 Å². The summed E-state index contributed by atoms with van der Waals surface area (Å²) in [5, 5.41) is 10.6. The Balaban J connectivity index is 2.41. The first kappa shape index (κ1) is 14.8. The predicted octanol–water partition coefficient (Wildman–Crippen LogP) is 2.93. The van der Waals surface area contributed by atoms with Crippen LogP contribution in [0.5, 0.6) is 0 Å². The van der Waals surface area contributed by atoms with Crippen molar-refractivity contribution in [3.8, 4) is 0 Å². The van der Waals surface area contributed by atoms with Crippen LogP contribution in [0.3, 0.4) is 0 Å². The fraction of sp³-hybridized carbons (Fsp3) is 0.176. The SMILES string of the molecule is CCc1c(CO)n(S(=O)(=O)c2ccccc2)c2ccccc12. The third kappa shape index (κ3) is 2.14. The van der Waals surface area contributed by atoms with E-state index in [0.717, 1.165) is 10.9 Å². The predicted molar refractivity (Wildman–Crippen MR) is 86.3 cm³/mol. The number of rotatable bonds is 4. The molecular formula is C17H17NO3S. The van der Waals surface area contributed by atoms with Crippen molar-refractivity contribution in [2.45, 2.75) is 24.8 Å². The van der Waals surface area contributed by atoms with Crippen LogP contribution in [0.15, 0.2) is 59.5 Å². The minimum atomic E-state index is -3.74. The highest BCUT2D eigenvalue weighted by atomic mass is 32.2. The zero-order valence-corrected chi connectivity index (χ0v) is 13.0. The molecule has 3 aromatic rings. The molecule has 0 saturated heterocycles. The molecule has 0 bridgehead atoms. The van der Waals surface area contributed by atoms with Gasteiger partial charge in [0.2, 0.25) is 0 Å². The lowest BCUT2D eigenvalue weighted by Gasteiger charge is -2.11. The smallest absolute Gasteiger partial charge is 0.268 e. The van der Waals surface area contributed by atoms with Crippen molar-refractivity contribution in [3.05, 3.63) is 65.9 Å². The van der Waals surface area contributed by atoms with Crippen molar-refractivity contribution in [1.29, 1.82) is 0 Å². The van der Waals surface area contributed by atoms with E-state index >= 15 is 0 Å². The molecule has 0 unspecified atom stereocenters. The molecule has 5 heteroatoms. The number of nitrogens with zero attached hydrogens (tertiary/aromatic N) is 1. The van der Waals surface area contributed by atoms with Crippen LogP contribution in [0, 0.1) is 0 Å². The lowest BCUT2D eigenvalue weighted by atomic mass is 10.1. The van der Waals surface area contributed by atoms with Gasteiger partial charge in [0.15, 0.2) is 0 Å². The number of fused-ring (bicyclic) bond motifs is 1. The summed E-state index contributed by atoms with van der Waals surface area (Å²) in [5.41, 5.74) is 1.91. The lowest BCUT2D eigenvalue weighted by Crippen LogP contribution is -2.16. The van der Waals surface area contributed by atoms with E-state index in [-0.39, 0.29) is 11.5 Å². The highest BCUT2D eigenvalue weighted by Gasteiger charge is 2.25. The lowest BCUT2D eigenvalue weighted by molar-refractivity contribution is 0.275. The molecule has 1 N–H and O–H groups in total. The second-order valence-corrected chi connectivity index (χ2v) is 6.82. The minimum absolute atomic E-state index is 0.216. The maximum absolute atomic E-state index is 13.0. The molecular weight excluding hydrogens is 298 g/mol. The molecule has 0 atom stereocenters.